The van der Waals surface area contributed by atoms with Crippen LogP contribution in [0.5, 0.6) is 0 Å². The molecule has 2 heterocycles. The van der Waals surface area contributed by atoms with Crippen LogP contribution >= 0.6 is 12.6 Å². The Bertz CT molecular complexity index is 654. The molecule has 1 saturated heterocycles. The topological polar surface area (TPSA) is 92.0 Å². The number of benzene rings is 1. The van der Waals surface area contributed by atoms with E-state index in [2.05, 4.69) is 34.9 Å². The van der Waals surface area contributed by atoms with E-state index in [4.69, 9.17) is 15.7 Å². The van der Waals surface area contributed by atoms with Crippen molar-refractivity contribution in [1.29, 1.82) is 5.41 Å². The van der Waals surface area contributed by atoms with Crippen LogP contribution in [0, 0.1) is 5.41 Å². The van der Waals surface area contributed by atoms with Gasteiger partial charge in [0.15, 0.2) is 5.96 Å². The number of nitrogens with one attached hydrogen (secondary N) is 1. The van der Waals surface area contributed by atoms with Gasteiger partial charge in [-0.2, -0.15) is 17.6 Å². The highest BCUT2D eigenvalue weighted by Crippen LogP contribution is 2.32. The van der Waals surface area contributed by atoms with Crippen LogP contribution < -0.4 is 5.73 Å². The first-order valence-corrected chi connectivity index (χ1v) is 7.96. The van der Waals surface area contributed by atoms with Crippen molar-refractivity contribution in [3.63, 3.8) is 0 Å². The Morgan fingerprint density at radius 1 is 1.41 bits per heavy atom. The van der Waals surface area contributed by atoms with Crippen molar-refractivity contribution in [1.82, 2.24) is 15.0 Å². The van der Waals surface area contributed by atoms with Crippen LogP contribution in [0.1, 0.15) is 30.3 Å². The first-order chi connectivity index (χ1) is 10.7. The van der Waals surface area contributed by atoms with Gasteiger partial charge in [0.05, 0.1) is 0 Å². The summed E-state index contributed by atoms with van der Waals surface area (Å²) in [6.45, 7) is 0.761. The first-order valence-electron chi connectivity index (χ1n) is 7.33. The fraction of sp³-hybridized carbons (Fsp3) is 0.400. The summed E-state index contributed by atoms with van der Waals surface area (Å²) in [7, 11) is 0. The summed E-state index contributed by atoms with van der Waals surface area (Å²) in [6, 6.07) is 8.12. The molecule has 0 bridgehead atoms. The molecule has 0 unspecified atom stereocenters. The van der Waals surface area contributed by atoms with Gasteiger partial charge in [-0.1, -0.05) is 29.4 Å². The second-order valence-corrected chi connectivity index (χ2v) is 5.81. The van der Waals surface area contributed by atoms with Gasteiger partial charge in [-0.3, -0.25) is 5.41 Å². The van der Waals surface area contributed by atoms with Crippen LogP contribution in [0.25, 0.3) is 11.4 Å². The van der Waals surface area contributed by atoms with Crippen LogP contribution in [0.3, 0.4) is 0 Å². The Hall–Kier alpha value is -2.02. The number of likely N-dealkylation sites (tertiary alicyclic amines) is 1. The molecule has 2 aromatic rings. The highest BCUT2D eigenvalue weighted by molar-refractivity contribution is 7.80. The lowest BCUT2D eigenvalue weighted by atomic mass is 10.0. The number of aromatic nitrogens is 2. The quantitative estimate of drug-likeness (QED) is 0.447. The zero-order valence-corrected chi connectivity index (χ0v) is 13.1. The van der Waals surface area contributed by atoms with Crippen LogP contribution in [0.4, 0.5) is 0 Å². The molecule has 22 heavy (non-hydrogen) atoms. The predicted octanol–water partition coefficient (Wildman–Crippen LogP) is 2.24. The summed E-state index contributed by atoms with van der Waals surface area (Å²) in [6.07, 6.45) is 2.97. The van der Waals surface area contributed by atoms with Crippen LogP contribution in [0.2, 0.25) is 0 Å². The summed E-state index contributed by atoms with van der Waals surface area (Å²) in [5.41, 5.74) is 7.72. The Balaban J connectivity index is 1.72. The third kappa shape index (κ3) is 2.94. The molecular weight excluding hydrogens is 298 g/mol. The van der Waals surface area contributed by atoms with Crippen molar-refractivity contribution in [3.8, 4) is 11.4 Å². The predicted molar refractivity (Wildman–Crippen MR) is 87.9 cm³/mol. The van der Waals surface area contributed by atoms with Gasteiger partial charge in [0.2, 0.25) is 11.7 Å². The molecule has 1 fully saturated rings. The maximum atomic E-state index is 7.49. The highest BCUT2D eigenvalue weighted by atomic mass is 32.1. The zero-order chi connectivity index (χ0) is 15.5. The van der Waals surface area contributed by atoms with E-state index in [-0.39, 0.29) is 12.0 Å². The van der Waals surface area contributed by atoms with Crippen molar-refractivity contribution >= 4 is 18.6 Å². The third-order valence-electron chi connectivity index (χ3n) is 3.89. The smallest absolute Gasteiger partial charge is 0.249 e. The fourth-order valence-electron chi connectivity index (χ4n) is 2.52. The van der Waals surface area contributed by atoms with Gasteiger partial charge in [0.25, 0.3) is 0 Å². The number of thiol groups is 1. The van der Waals surface area contributed by atoms with E-state index in [1.54, 1.807) is 4.90 Å². The number of aryl methyl sites for hydroxylation is 1. The van der Waals surface area contributed by atoms with Crippen LogP contribution in [-0.2, 0) is 6.42 Å². The fourth-order valence-corrected chi connectivity index (χ4v) is 2.68. The first kappa shape index (κ1) is 14.9. The van der Waals surface area contributed by atoms with E-state index in [1.807, 2.05) is 12.1 Å². The van der Waals surface area contributed by atoms with Crippen molar-refractivity contribution in [2.24, 2.45) is 5.73 Å². The molecule has 6 nitrogen and oxygen atoms in total. The van der Waals surface area contributed by atoms with Crippen molar-refractivity contribution in [2.75, 3.05) is 12.3 Å². The number of hydrogen-bond acceptors (Lipinski definition) is 5. The Morgan fingerprint density at radius 2 is 2.18 bits per heavy atom. The molecule has 0 amide bonds. The summed E-state index contributed by atoms with van der Waals surface area (Å²) < 4.78 is 5.33. The van der Waals surface area contributed by atoms with Gasteiger partial charge in [-0.15, -0.1) is 0 Å². The molecule has 0 spiro atoms. The summed E-state index contributed by atoms with van der Waals surface area (Å²) in [5, 5.41) is 11.5. The molecule has 116 valence electrons. The molecule has 1 aromatic heterocycles. The van der Waals surface area contributed by atoms with Crippen molar-refractivity contribution in [2.45, 2.75) is 25.3 Å². The standard InChI is InChI=1S/C15H19N5OS/c16-15(17)20-8-7-12(20)14-18-13(19-21-14)11-5-3-10(4-6-11)2-1-9-22/h3-6,12,22H,1-2,7-9H2,(H3,16,17)/t12-/m0/s1. The lowest BCUT2D eigenvalue weighted by molar-refractivity contribution is 0.141. The zero-order valence-electron chi connectivity index (χ0n) is 12.2. The largest absolute Gasteiger partial charge is 0.370 e. The summed E-state index contributed by atoms with van der Waals surface area (Å²) >= 11 is 4.23. The van der Waals surface area contributed by atoms with Crippen molar-refractivity contribution in [3.05, 3.63) is 35.7 Å². The SMILES string of the molecule is N=C(N)N1CC[C@H]1c1nc(-c2ccc(CCCS)cc2)no1. The second-order valence-electron chi connectivity index (χ2n) is 5.36. The molecule has 3 N–H and O–H groups in total. The maximum Gasteiger partial charge on any atom is 0.249 e. The number of nitrogens with two attached hydrogens (primary N) is 1. The van der Waals surface area contributed by atoms with Gasteiger partial charge in [-0.25, -0.2) is 0 Å². The van der Waals surface area contributed by atoms with Crippen LogP contribution in [0.15, 0.2) is 28.8 Å². The molecule has 1 aromatic carbocycles. The molecular formula is C15H19N5OS. The van der Waals surface area contributed by atoms with Gasteiger partial charge in [0, 0.05) is 12.1 Å². The minimum Gasteiger partial charge on any atom is -0.370 e. The summed E-state index contributed by atoms with van der Waals surface area (Å²) in [4.78, 5) is 6.19. The number of rotatable bonds is 5. The number of nitrogens with zero attached hydrogens (tertiary/aromatic N) is 3. The molecule has 0 radical (unpaired) electrons. The average Bonchev–Trinajstić information content (AvgIpc) is 2.93. The van der Waals surface area contributed by atoms with Gasteiger partial charge < -0.3 is 15.2 Å². The maximum absolute atomic E-state index is 7.49. The van der Waals surface area contributed by atoms with E-state index in [0.717, 1.165) is 37.1 Å². The summed E-state index contributed by atoms with van der Waals surface area (Å²) in [5.74, 6) is 2.04. The molecule has 1 aliphatic rings. The number of guanidine groups is 1. The van der Waals surface area contributed by atoms with E-state index in [1.165, 1.54) is 5.56 Å². The highest BCUT2D eigenvalue weighted by Gasteiger charge is 2.35. The van der Waals surface area contributed by atoms with Crippen LogP contribution in [-0.4, -0.2) is 33.3 Å². The monoisotopic (exact) mass is 317 g/mol. The normalized spacial score (nSPS) is 17.3. The lowest BCUT2D eigenvalue weighted by Crippen LogP contribution is -2.48. The molecule has 1 atom stereocenters. The molecule has 3 rings (SSSR count). The minimum absolute atomic E-state index is 0.0459. The Morgan fingerprint density at radius 3 is 2.77 bits per heavy atom. The van der Waals surface area contributed by atoms with E-state index in [9.17, 15) is 0 Å². The lowest BCUT2D eigenvalue weighted by Gasteiger charge is -2.38. The van der Waals surface area contributed by atoms with Gasteiger partial charge >= 0.3 is 0 Å². The van der Waals surface area contributed by atoms with Gasteiger partial charge in [-0.05, 0) is 30.6 Å². The van der Waals surface area contributed by atoms with Gasteiger partial charge in [0.1, 0.15) is 6.04 Å². The third-order valence-corrected chi connectivity index (χ3v) is 4.21. The molecule has 0 aliphatic carbocycles. The Kier molecular flexibility index (Phi) is 4.33. The number of hydrogen-bond donors (Lipinski definition) is 3. The minimum atomic E-state index is -0.0617. The Labute approximate surface area is 134 Å². The van der Waals surface area contributed by atoms with Crippen molar-refractivity contribution < 1.29 is 4.52 Å². The van der Waals surface area contributed by atoms with E-state index < -0.39 is 0 Å². The van der Waals surface area contributed by atoms with E-state index in [0.29, 0.717) is 11.7 Å². The second kappa shape index (κ2) is 6.39. The van der Waals surface area contributed by atoms with E-state index >= 15 is 0 Å². The molecule has 1 aliphatic heterocycles. The molecule has 7 heteroatoms. The molecule has 0 saturated carbocycles. The average molecular weight is 317 g/mol.